The molecular weight excluding hydrogens is 268 g/mol. The molecule has 4 heteroatoms. The SMILES string of the molecule is COc1cccc(C(=O)O[C@H](C)C(=O)c2ccccc2)c1. The van der Waals surface area contributed by atoms with Crippen LogP contribution >= 0.6 is 0 Å². The standard InChI is InChI=1S/C17H16O4/c1-12(16(18)13-7-4-3-5-8-13)21-17(19)14-9-6-10-15(11-14)20-2/h3-12H,1-2H3/t12-/m1/s1. The van der Waals surface area contributed by atoms with E-state index in [4.69, 9.17) is 9.47 Å². The molecule has 1 atom stereocenters. The van der Waals surface area contributed by atoms with Gasteiger partial charge >= 0.3 is 5.97 Å². The molecule has 0 unspecified atom stereocenters. The smallest absolute Gasteiger partial charge is 0.338 e. The van der Waals surface area contributed by atoms with Crippen molar-refractivity contribution in [1.82, 2.24) is 0 Å². The Morgan fingerprint density at radius 3 is 2.29 bits per heavy atom. The second kappa shape index (κ2) is 6.70. The Balaban J connectivity index is 2.06. The number of ether oxygens (including phenoxy) is 2. The van der Waals surface area contributed by atoms with E-state index in [0.29, 0.717) is 16.9 Å². The zero-order chi connectivity index (χ0) is 15.2. The summed E-state index contributed by atoms with van der Waals surface area (Å²) in [6.45, 7) is 1.56. The number of hydrogen-bond acceptors (Lipinski definition) is 4. The molecule has 0 aliphatic heterocycles. The number of Topliss-reactive ketones (excluding diaryl/α,β-unsaturated/α-hetero) is 1. The van der Waals surface area contributed by atoms with Crippen molar-refractivity contribution >= 4 is 11.8 Å². The molecule has 2 rings (SSSR count). The molecule has 2 aromatic rings. The lowest BCUT2D eigenvalue weighted by molar-refractivity contribution is 0.0318. The monoisotopic (exact) mass is 284 g/mol. The van der Waals surface area contributed by atoms with E-state index in [1.807, 2.05) is 6.07 Å². The maximum absolute atomic E-state index is 12.1. The number of carbonyl (C=O) groups is 2. The molecule has 0 bridgehead atoms. The van der Waals surface area contributed by atoms with Gasteiger partial charge in [0, 0.05) is 5.56 Å². The summed E-state index contributed by atoms with van der Waals surface area (Å²) in [6, 6.07) is 15.4. The molecule has 108 valence electrons. The number of esters is 1. The zero-order valence-corrected chi connectivity index (χ0v) is 11.9. The van der Waals surface area contributed by atoms with E-state index < -0.39 is 12.1 Å². The second-order valence-electron chi connectivity index (χ2n) is 4.51. The minimum Gasteiger partial charge on any atom is -0.497 e. The zero-order valence-electron chi connectivity index (χ0n) is 11.9. The van der Waals surface area contributed by atoms with Crippen LogP contribution in [-0.4, -0.2) is 25.0 Å². The molecule has 0 aliphatic rings. The quantitative estimate of drug-likeness (QED) is 0.625. The van der Waals surface area contributed by atoms with E-state index in [9.17, 15) is 9.59 Å². The third kappa shape index (κ3) is 3.69. The first kappa shape index (κ1) is 14.8. The van der Waals surface area contributed by atoms with E-state index in [0.717, 1.165) is 0 Å². The first-order valence-corrected chi connectivity index (χ1v) is 6.56. The van der Waals surface area contributed by atoms with Gasteiger partial charge in [-0.3, -0.25) is 4.79 Å². The molecule has 0 heterocycles. The van der Waals surface area contributed by atoms with Crippen LogP contribution in [0.5, 0.6) is 5.75 Å². The second-order valence-corrected chi connectivity index (χ2v) is 4.51. The summed E-state index contributed by atoms with van der Waals surface area (Å²) in [5, 5.41) is 0. The van der Waals surface area contributed by atoms with E-state index in [-0.39, 0.29) is 5.78 Å². The van der Waals surface area contributed by atoms with Crippen LogP contribution in [-0.2, 0) is 4.74 Å². The van der Waals surface area contributed by atoms with E-state index >= 15 is 0 Å². The number of benzene rings is 2. The predicted molar refractivity (Wildman–Crippen MR) is 78.6 cm³/mol. The van der Waals surface area contributed by atoms with Crippen molar-refractivity contribution in [3.63, 3.8) is 0 Å². The minimum absolute atomic E-state index is 0.230. The molecule has 0 aromatic heterocycles. The highest BCUT2D eigenvalue weighted by atomic mass is 16.5. The fourth-order valence-corrected chi connectivity index (χ4v) is 1.87. The third-order valence-electron chi connectivity index (χ3n) is 3.02. The lowest BCUT2D eigenvalue weighted by Crippen LogP contribution is -2.24. The minimum atomic E-state index is -0.842. The molecule has 2 aromatic carbocycles. The number of carbonyl (C=O) groups excluding carboxylic acids is 2. The Bertz CT molecular complexity index is 634. The molecule has 0 amide bonds. The molecule has 21 heavy (non-hydrogen) atoms. The summed E-state index contributed by atoms with van der Waals surface area (Å²) >= 11 is 0. The van der Waals surface area contributed by atoms with Crippen molar-refractivity contribution in [3.8, 4) is 5.75 Å². The van der Waals surface area contributed by atoms with Gasteiger partial charge in [0.05, 0.1) is 12.7 Å². The van der Waals surface area contributed by atoms with Gasteiger partial charge in [0.15, 0.2) is 6.10 Å². The van der Waals surface area contributed by atoms with Crippen LogP contribution in [0.4, 0.5) is 0 Å². The third-order valence-corrected chi connectivity index (χ3v) is 3.02. The highest BCUT2D eigenvalue weighted by Gasteiger charge is 2.20. The van der Waals surface area contributed by atoms with Gasteiger partial charge < -0.3 is 9.47 Å². The summed E-state index contributed by atoms with van der Waals surface area (Å²) in [7, 11) is 1.52. The Morgan fingerprint density at radius 2 is 1.62 bits per heavy atom. The fourth-order valence-electron chi connectivity index (χ4n) is 1.87. The molecule has 0 saturated carbocycles. The van der Waals surface area contributed by atoms with E-state index in [2.05, 4.69) is 0 Å². The van der Waals surface area contributed by atoms with E-state index in [1.54, 1.807) is 55.5 Å². The first-order chi connectivity index (χ1) is 10.1. The van der Waals surface area contributed by atoms with Crippen LogP contribution in [0.15, 0.2) is 54.6 Å². The normalized spacial score (nSPS) is 11.5. The number of hydrogen-bond donors (Lipinski definition) is 0. The molecular formula is C17H16O4. The van der Waals surface area contributed by atoms with Crippen LogP contribution < -0.4 is 4.74 Å². The van der Waals surface area contributed by atoms with Crippen LogP contribution in [0.25, 0.3) is 0 Å². The summed E-state index contributed by atoms with van der Waals surface area (Å²) in [4.78, 5) is 24.2. The average molecular weight is 284 g/mol. The number of methoxy groups -OCH3 is 1. The largest absolute Gasteiger partial charge is 0.497 e. The van der Waals surface area contributed by atoms with Crippen molar-refractivity contribution in [3.05, 3.63) is 65.7 Å². The summed E-state index contributed by atoms with van der Waals surface area (Å²) in [5.74, 6) is -0.219. The van der Waals surface area contributed by atoms with Crippen molar-refractivity contribution in [2.75, 3.05) is 7.11 Å². The van der Waals surface area contributed by atoms with Crippen LogP contribution in [0.3, 0.4) is 0 Å². The van der Waals surface area contributed by atoms with Crippen molar-refractivity contribution in [1.29, 1.82) is 0 Å². The lowest BCUT2D eigenvalue weighted by atomic mass is 10.1. The van der Waals surface area contributed by atoms with E-state index in [1.165, 1.54) is 7.11 Å². The van der Waals surface area contributed by atoms with Gasteiger partial charge in [0.1, 0.15) is 5.75 Å². The molecule has 0 N–H and O–H groups in total. The van der Waals surface area contributed by atoms with Gasteiger partial charge in [0.2, 0.25) is 5.78 Å². The molecule has 0 spiro atoms. The van der Waals surface area contributed by atoms with Crippen LogP contribution in [0.1, 0.15) is 27.6 Å². The Labute approximate surface area is 123 Å². The fraction of sp³-hybridized carbons (Fsp3) is 0.176. The number of rotatable bonds is 5. The first-order valence-electron chi connectivity index (χ1n) is 6.56. The highest BCUT2D eigenvalue weighted by Crippen LogP contribution is 2.15. The summed E-state index contributed by atoms with van der Waals surface area (Å²) in [6.07, 6.45) is -0.842. The Hall–Kier alpha value is -2.62. The molecule has 0 saturated heterocycles. The van der Waals surface area contributed by atoms with Crippen molar-refractivity contribution < 1.29 is 19.1 Å². The maximum atomic E-state index is 12.1. The van der Waals surface area contributed by atoms with Gasteiger partial charge in [-0.25, -0.2) is 4.79 Å². The molecule has 4 nitrogen and oxygen atoms in total. The Kier molecular flexibility index (Phi) is 4.72. The average Bonchev–Trinajstić information content (AvgIpc) is 2.54. The van der Waals surface area contributed by atoms with Crippen molar-refractivity contribution in [2.24, 2.45) is 0 Å². The number of ketones is 1. The van der Waals surface area contributed by atoms with Crippen molar-refractivity contribution in [2.45, 2.75) is 13.0 Å². The van der Waals surface area contributed by atoms with Gasteiger partial charge in [-0.05, 0) is 25.1 Å². The summed E-state index contributed by atoms with van der Waals surface area (Å²) in [5.41, 5.74) is 0.866. The lowest BCUT2D eigenvalue weighted by Gasteiger charge is -2.12. The molecule has 0 radical (unpaired) electrons. The maximum Gasteiger partial charge on any atom is 0.338 e. The molecule has 0 fully saturated rings. The van der Waals surface area contributed by atoms with Gasteiger partial charge in [-0.2, -0.15) is 0 Å². The van der Waals surface area contributed by atoms with Crippen LogP contribution in [0, 0.1) is 0 Å². The predicted octanol–water partition coefficient (Wildman–Crippen LogP) is 3.12. The Morgan fingerprint density at radius 1 is 0.952 bits per heavy atom. The van der Waals surface area contributed by atoms with Gasteiger partial charge in [-0.15, -0.1) is 0 Å². The van der Waals surface area contributed by atoms with Crippen LogP contribution in [0.2, 0.25) is 0 Å². The summed E-state index contributed by atoms with van der Waals surface area (Å²) < 4.78 is 10.3. The van der Waals surface area contributed by atoms with Gasteiger partial charge in [0.25, 0.3) is 0 Å². The highest BCUT2D eigenvalue weighted by molar-refractivity contribution is 6.01. The topological polar surface area (TPSA) is 52.6 Å². The van der Waals surface area contributed by atoms with Gasteiger partial charge in [-0.1, -0.05) is 36.4 Å². The molecule has 0 aliphatic carbocycles.